The highest BCUT2D eigenvalue weighted by Crippen LogP contribution is 2.08. The predicted molar refractivity (Wildman–Crippen MR) is 69.2 cm³/mol. The Bertz CT molecular complexity index is 242. The molecule has 0 aromatic rings. The van der Waals surface area contributed by atoms with E-state index >= 15 is 0 Å². The number of nitrogens with zero attached hydrogens (tertiary/aromatic N) is 2. The van der Waals surface area contributed by atoms with Gasteiger partial charge in [0, 0.05) is 6.21 Å². The van der Waals surface area contributed by atoms with Crippen LogP contribution >= 0.6 is 0 Å². The minimum Gasteiger partial charge on any atom is -0.446 e. The lowest BCUT2D eigenvalue weighted by Gasteiger charge is -2.03. The Morgan fingerprint density at radius 1 is 1.24 bits per heavy atom. The standard InChI is InChI=1S/C13H24N2O2/c1-2-3-4-5-6-7-8-9-10-14-15-11-12-17-13(15)16/h10H,2-9,11-12H2,1H3/b14-10+. The molecule has 1 rings (SSSR count). The van der Waals surface area contributed by atoms with Gasteiger partial charge in [0.05, 0.1) is 6.54 Å². The fraction of sp³-hybridized carbons (Fsp3) is 0.846. The number of ether oxygens (including phenoxy) is 1. The zero-order chi connectivity index (χ0) is 12.3. The van der Waals surface area contributed by atoms with Gasteiger partial charge in [0.15, 0.2) is 0 Å². The molecule has 1 heterocycles. The highest BCUT2D eigenvalue weighted by atomic mass is 16.6. The normalized spacial score (nSPS) is 15.8. The molecule has 0 saturated carbocycles. The molecule has 4 heteroatoms. The average Bonchev–Trinajstić information content (AvgIpc) is 2.73. The zero-order valence-corrected chi connectivity index (χ0v) is 10.9. The Labute approximate surface area is 104 Å². The van der Waals surface area contributed by atoms with Gasteiger partial charge >= 0.3 is 6.09 Å². The molecule has 1 saturated heterocycles. The predicted octanol–water partition coefficient (Wildman–Crippen LogP) is 3.57. The van der Waals surface area contributed by atoms with E-state index in [2.05, 4.69) is 12.0 Å². The van der Waals surface area contributed by atoms with Crippen LogP contribution in [0.5, 0.6) is 0 Å². The minimum absolute atomic E-state index is 0.319. The van der Waals surface area contributed by atoms with Crippen molar-refractivity contribution in [3.63, 3.8) is 0 Å². The highest BCUT2D eigenvalue weighted by molar-refractivity contribution is 5.70. The van der Waals surface area contributed by atoms with Crippen molar-refractivity contribution in [2.75, 3.05) is 13.2 Å². The Hall–Kier alpha value is -1.06. The first-order valence-electron chi connectivity index (χ1n) is 6.81. The molecule has 0 atom stereocenters. The van der Waals surface area contributed by atoms with E-state index in [4.69, 9.17) is 4.74 Å². The molecule has 0 radical (unpaired) electrons. The molecule has 0 N–H and O–H groups in total. The van der Waals surface area contributed by atoms with Gasteiger partial charge in [-0.05, 0) is 12.8 Å². The Morgan fingerprint density at radius 3 is 2.59 bits per heavy atom. The summed E-state index contributed by atoms with van der Waals surface area (Å²) in [5.41, 5.74) is 0. The van der Waals surface area contributed by atoms with Crippen molar-refractivity contribution >= 4 is 12.3 Å². The summed E-state index contributed by atoms with van der Waals surface area (Å²) in [6, 6.07) is 0. The van der Waals surface area contributed by atoms with Crippen LogP contribution < -0.4 is 0 Å². The molecule has 1 aliphatic heterocycles. The van der Waals surface area contributed by atoms with E-state index in [9.17, 15) is 4.79 Å². The number of hydrogen-bond acceptors (Lipinski definition) is 3. The van der Waals surface area contributed by atoms with E-state index in [1.807, 2.05) is 6.21 Å². The lowest BCUT2D eigenvalue weighted by molar-refractivity contribution is 0.159. The number of carbonyl (C=O) groups excluding carboxylic acids is 1. The van der Waals surface area contributed by atoms with E-state index in [0.29, 0.717) is 13.2 Å². The SMILES string of the molecule is CCCCCCCCC/C=N/N1CCOC1=O. The number of rotatable bonds is 9. The summed E-state index contributed by atoms with van der Waals surface area (Å²) in [5, 5.41) is 5.48. The van der Waals surface area contributed by atoms with Crippen LogP contribution in [0.15, 0.2) is 5.10 Å². The summed E-state index contributed by atoms with van der Waals surface area (Å²) in [4.78, 5) is 11.0. The van der Waals surface area contributed by atoms with Crippen LogP contribution in [0, 0.1) is 0 Å². The minimum atomic E-state index is -0.319. The van der Waals surface area contributed by atoms with E-state index in [-0.39, 0.29) is 6.09 Å². The van der Waals surface area contributed by atoms with E-state index in [1.54, 1.807) is 0 Å². The van der Waals surface area contributed by atoms with Gasteiger partial charge in [-0.1, -0.05) is 45.4 Å². The van der Waals surface area contributed by atoms with Crippen molar-refractivity contribution < 1.29 is 9.53 Å². The van der Waals surface area contributed by atoms with Crippen molar-refractivity contribution in [2.24, 2.45) is 5.10 Å². The molecule has 0 aromatic carbocycles. The largest absolute Gasteiger partial charge is 0.446 e. The van der Waals surface area contributed by atoms with Gasteiger partial charge in [0.2, 0.25) is 0 Å². The highest BCUT2D eigenvalue weighted by Gasteiger charge is 2.20. The Kier molecular flexibility index (Phi) is 7.43. The monoisotopic (exact) mass is 240 g/mol. The van der Waals surface area contributed by atoms with Crippen molar-refractivity contribution in [1.82, 2.24) is 5.01 Å². The fourth-order valence-electron chi connectivity index (χ4n) is 1.84. The van der Waals surface area contributed by atoms with Crippen molar-refractivity contribution in [1.29, 1.82) is 0 Å². The van der Waals surface area contributed by atoms with Gasteiger partial charge in [0.25, 0.3) is 0 Å². The molecular formula is C13H24N2O2. The molecule has 17 heavy (non-hydrogen) atoms. The second-order valence-corrected chi connectivity index (χ2v) is 4.45. The maximum absolute atomic E-state index is 11.0. The molecule has 4 nitrogen and oxygen atoms in total. The summed E-state index contributed by atoms with van der Waals surface area (Å²) in [6.07, 6.45) is 11.6. The van der Waals surface area contributed by atoms with Crippen molar-refractivity contribution in [3.05, 3.63) is 0 Å². The second-order valence-electron chi connectivity index (χ2n) is 4.45. The van der Waals surface area contributed by atoms with Crippen LogP contribution in [0.2, 0.25) is 0 Å². The lowest BCUT2D eigenvalue weighted by atomic mass is 10.1. The third kappa shape index (κ3) is 6.29. The molecule has 1 fully saturated rings. The van der Waals surface area contributed by atoms with Gasteiger partial charge in [-0.3, -0.25) is 0 Å². The summed E-state index contributed by atoms with van der Waals surface area (Å²) >= 11 is 0. The summed E-state index contributed by atoms with van der Waals surface area (Å²) in [5.74, 6) is 0. The van der Waals surface area contributed by atoms with Crippen LogP contribution in [-0.4, -0.2) is 30.5 Å². The smallest absolute Gasteiger partial charge is 0.430 e. The van der Waals surface area contributed by atoms with Crippen LogP contribution in [0.1, 0.15) is 58.3 Å². The van der Waals surface area contributed by atoms with Crippen LogP contribution in [0.4, 0.5) is 4.79 Å². The quantitative estimate of drug-likeness (QED) is 0.456. The van der Waals surface area contributed by atoms with Crippen molar-refractivity contribution in [3.8, 4) is 0 Å². The molecule has 0 spiro atoms. The molecule has 0 unspecified atom stereocenters. The third-order valence-corrected chi connectivity index (χ3v) is 2.90. The molecular weight excluding hydrogens is 216 g/mol. The Balaban J connectivity index is 1.90. The molecule has 1 amide bonds. The number of amides is 1. The maximum Gasteiger partial charge on any atom is 0.430 e. The first-order valence-corrected chi connectivity index (χ1v) is 6.81. The number of unbranched alkanes of at least 4 members (excludes halogenated alkanes) is 7. The van der Waals surface area contributed by atoms with E-state index < -0.39 is 0 Å². The zero-order valence-electron chi connectivity index (χ0n) is 10.9. The summed E-state index contributed by atoms with van der Waals surface area (Å²) < 4.78 is 4.77. The summed E-state index contributed by atoms with van der Waals surface area (Å²) in [7, 11) is 0. The first-order chi connectivity index (χ1) is 8.34. The van der Waals surface area contributed by atoms with E-state index in [0.717, 1.165) is 6.42 Å². The van der Waals surface area contributed by atoms with Crippen LogP contribution in [-0.2, 0) is 4.74 Å². The third-order valence-electron chi connectivity index (χ3n) is 2.90. The molecule has 98 valence electrons. The van der Waals surface area contributed by atoms with Gasteiger partial charge in [-0.15, -0.1) is 0 Å². The second kappa shape index (κ2) is 9.02. The van der Waals surface area contributed by atoms with Crippen molar-refractivity contribution in [2.45, 2.75) is 58.3 Å². The van der Waals surface area contributed by atoms with Crippen LogP contribution in [0.25, 0.3) is 0 Å². The van der Waals surface area contributed by atoms with Gasteiger partial charge < -0.3 is 4.74 Å². The van der Waals surface area contributed by atoms with E-state index in [1.165, 1.54) is 50.0 Å². The number of cyclic esters (lactones) is 1. The van der Waals surface area contributed by atoms with Gasteiger partial charge in [-0.2, -0.15) is 10.1 Å². The molecule has 0 bridgehead atoms. The number of hydrogen-bond donors (Lipinski definition) is 0. The lowest BCUT2D eigenvalue weighted by Crippen LogP contribution is -2.17. The first kappa shape index (κ1) is 14.0. The summed E-state index contributed by atoms with van der Waals surface area (Å²) in [6.45, 7) is 3.29. The van der Waals surface area contributed by atoms with Gasteiger partial charge in [-0.25, -0.2) is 4.79 Å². The average molecular weight is 240 g/mol. The fourth-order valence-corrected chi connectivity index (χ4v) is 1.84. The molecule has 0 aliphatic carbocycles. The van der Waals surface area contributed by atoms with Gasteiger partial charge in [0.1, 0.15) is 6.61 Å². The maximum atomic E-state index is 11.0. The molecule has 1 aliphatic rings. The topological polar surface area (TPSA) is 41.9 Å². The molecule has 0 aromatic heterocycles. The number of hydrazone groups is 1. The van der Waals surface area contributed by atoms with Crippen LogP contribution in [0.3, 0.4) is 0 Å². The Morgan fingerprint density at radius 2 is 1.94 bits per heavy atom. The number of carbonyl (C=O) groups is 1.